The molecule has 158 valence electrons. The van der Waals surface area contributed by atoms with Crippen molar-refractivity contribution in [1.29, 1.82) is 0 Å². The fraction of sp³-hybridized carbons (Fsp3) is 0.625. The first kappa shape index (κ1) is 20.4. The lowest BCUT2D eigenvalue weighted by Crippen LogP contribution is -2.53. The smallest absolute Gasteiger partial charge is 0.237 e. The zero-order chi connectivity index (χ0) is 20.1. The van der Waals surface area contributed by atoms with Crippen molar-refractivity contribution < 1.29 is 9.53 Å². The molecule has 0 saturated carbocycles. The molecule has 2 heterocycles. The van der Waals surface area contributed by atoms with Gasteiger partial charge in [0.25, 0.3) is 0 Å². The van der Waals surface area contributed by atoms with Crippen LogP contribution in [0.4, 0.5) is 0 Å². The van der Waals surface area contributed by atoms with E-state index in [1.807, 2.05) is 6.92 Å². The molecule has 4 rings (SSSR count). The molecule has 0 unspecified atom stereocenters. The maximum absolute atomic E-state index is 12.6. The van der Waals surface area contributed by atoms with Crippen molar-refractivity contribution in [2.24, 2.45) is 0 Å². The number of nitrogens with zero attached hydrogens (tertiary/aromatic N) is 2. The van der Waals surface area contributed by atoms with Crippen LogP contribution in [-0.2, 0) is 17.8 Å². The van der Waals surface area contributed by atoms with Gasteiger partial charge < -0.3 is 10.1 Å². The predicted octanol–water partition coefficient (Wildman–Crippen LogP) is 3.13. The number of allylic oxidation sites excluding steroid dienone is 1. The summed E-state index contributed by atoms with van der Waals surface area (Å²) >= 11 is 0. The van der Waals surface area contributed by atoms with E-state index in [9.17, 15) is 4.79 Å². The van der Waals surface area contributed by atoms with Gasteiger partial charge in [0.2, 0.25) is 5.91 Å². The molecule has 29 heavy (non-hydrogen) atoms. The van der Waals surface area contributed by atoms with Gasteiger partial charge >= 0.3 is 0 Å². The van der Waals surface area contributed by atoms with E-state index >= 15 is 0 Å². The number of fused-ring (bicyclic) bond motifs is 1. The lowest BCUT2D eigenvalue weighted by molar-refractivity contribution is -0.126. The Morgan fingerprint density at radius 2 is 2.03 bits per heavy atom. The van der Waals surface area contributed by atoms with Crippen LogP contribution in [0.25, 0.3) is 0 Å². The fourth-order valence-corrected chi connectivity index (χ4v) is 4.70. The Balaban J connectivity index is 1.18. The minimum Gasteiger partial charge on any atom is -0.493 e. The molecule has 5 nitrogen and oxygen atoms in total. The zero-order valence-corrected chi connectivity index (χ0v) is 17.8. The molecule has 0 radical (unpaired) electrons. The van der Waals surface area contributed by atoms with E-state index in [-0.39, 0.29) is 11.9 Å². The number of piperazine rings is 1. The summed E-state index contributed by atoms with van der Waals surface area (Å²) in [6.07, 6.45) is 9.46. The monoisotopic (exact) mass is 397 g/mol. The molecule has 0 bridgehead atoms. The molecule has 3 aliphatic rings. The zero-order valence-electron chi connectivity index (χ0n) is 17.8. The molecule has 1 amide bonds. The van der Waals surface area contributed by atoms with Crippen molar-refractivity contribution in [3.63, 3.8) is 0 Å². The number of hydrogen-bond donors (Lipinski definition) is 1. The molecule has 1 aromatic carbocycles. The Bertz CT molecular complexity index is 738. The second-order valence-electron chi connectivity index (χ2n) is 8.68. The molecule has 2 aliphatic heterocycles. The molecular formula is C24H35N3O2. The number of ether oxygens (including phenoxy) is 1. The summed E-state index contributed by atoms with van der Waals surface area (Å²) in [5, 5.41) is 3.16. The van der Waals surface area contributed by atoms with Gasteiger partial charge in [-0.2, -0.15) is 0 Å². The third-order valence-electron chi connectivity index (χ3n) is 6.62. The van der Waals surface area contributed by atoms with E-state index < -0.39 is 0 Å². The van der Waals surface area contributed by atoms with Gasteiger partial charge in [0.05, 0.1) is 12.6 Å². The normalized spacial score (nSPS) is 21.2. The summed E-state index contributed by atoms with van der Waals surface area (Å²) in [4.78, 5) is 17.4. The predicted molar refractivity (Wildman–Crippen MR) is 116 cm³/mol. The Kier molecular flexibility index (Phi) is 6.88. The number of benzene rings is 1. The summed E-state index contributed by atoms with van der Waals surface area (Å²) in [6, 6.07) is 6.56. The molecule has 1 saturated heterocycles. The van der Waals surface area contributed by atoms with Gasteiger partial charge in [-0.15, -0.1) is 0 Å². The number of nitrogens with one attached hydrogen (secondary N) is 1. The van der Waals surface area contributed by atoms with Crippen LogP contribution in [0.15, 0.2) is 29.8 Å². The first-order valence-corrected chi connectivity index (χ1v) is 11.4. The molecule has 5 heteroatoms. The van der Waals surface area contributed by atoms with Crippen molar-refractivity contribution in [3.8, 4) is 5.75 Å². The second kappa shape index (κ2) is 9.77. The van der Waals surface area contributed by atoms with Crippen LogP contribution in [0.3, 0.4) is 0 Å². The first-order valence-electron chi connectivity index (χ1n) is 11.4. The van der Waals surface area contributed by atoms with Crippen LogP contribution in [0.2, 0.25) is 0 Å². The largest absolute Gasteiger partial charge is 0.493 e. The van der Waals surface area contributed by atoms with Crippen molar-refractivity contribution >= 4 is 5.91 Å². The average Bonchev–Trinajstić information content (AvgIpc) is 3.22. The lowest BCUT2D eigenvalue weighted by Gasteiger charge is -2.37. The van der Waals surface area contributed by atoms with Crippen LogP contribution in [0.5, 0.6) is 5.75 Å². The molecule has 1 aliphatic carbocycles. The second-order valence-corrected chi connectivity index (χ2v) is 8.68. The molecule has 1 aromatic rings. The number of amides is 1. The summed E-state index contributed by atoms with van der Waals surface area (Å²) in [7, 11) is 0. The van der Waals surface area contributed by atoms with Crippen molar-refractivity contribution in [2.45, 2.75) is 58.0 Å². The minimum atomic E-state index is -0.0466. The van der Waals surface area contributed by atoms with E-state index in [1.54, 1.807) is 0 Å². The molecule has 0 spiro atoms. The third-order valence-corrected chi connectivity index (χ3v) is 6.62. The van der Waals surface area contributed by atoms with Crippen molar-refractivity contribution in [2.75, 3.05) is 39.3 Å². The van der Waals surface area contributed by atoms with Crippen molar-refractivity contribution in [3.05, 3.63) is 41.0 Å². The Labute approximate surface area is 175 Å². The highest BCUT2D eigenvalue weighted by Crippen LogP contribution is 2.26. The highest BCUT2D eigenvalue weighted by Gasteiger charge is 2.25. The Morgan fingerprint density at radius 3 is 2.83 bits per heavy atom. The van der Waals surface area contributed by atoms with E-state index in [4.69, 9.17) is 4.74 Å². The third kappa shape index (κ3) is 5.40. The number of hydrogen-bond acceptors (Lipinski definition) is 4. The Hall–Kier alpha value is -1.85. The van der Waals surface area contributed by atoms with Gasteiger partial charge in [-0.3, -0.25) is 14.6 Å². The number of carbonyl (C=O) groups is 1. The van der Waals surface area contributed by atoms with Crippen LogP contribution >= 0.6 is 0 Å². The van der Waals surface area contributed by atoms with Gasteiger partial charge in [0, 0.05) is 45.7 Å². The maximum atomic E-state index is 12.6. The standard InChI is InChI=1S/C24H35N3O2/c1-19(24(28)25-11-9-20-5-3-2-4-6-20)27-14-12-26(13-15-27)18-21-7-8-23-22(17-21)10-16-29-23/h5,7-8,17,19H,2-4,6,9-16,18H2,1H3,(H,25,28)/t19-/m0/s1. The molecular weight excluding hydrogens is 362 g/mol. The van der Waals surface area contributed by atoms with Gasteiger partial charge in [0.15, 0.2) is 0 Å². The van der Waals surface area contributed by atoms with Gasteiger partial charge in [-0.05, 0) is 56.2 Å². The fourth-order valence-electron chi connectivity index (χ4n) is 4.70. The quantitative estimate of drug-likeness (QED) is 0.718. The molecule has 1 atom stereocenters. The first-order chi connectivity index (χ1) is 14.2. The lowest BCUT2D eigenvalue weighted by atomic mass is 9.97. The average molecular weight is 398 g/mol. The summed E-state index contributed by atoms with van der Waals surface area (Å²) in [5.74, 6) is 1.23. The SMILES string of the molecule is C[C@@H](C(=O)NCCC1=CCCCC1)N1CCN(Cc2ccc3c(c2)CCO3)CC1. The minimum absolute atomic E-state index is 0.0466. The van der Waals surface area contributed by atoms with Crippen molar-refractivity contribution in [1.82, 2.24) is 15.1 Å². The molecule has 1 fully saturated rings. The molecule has 0 aromatic heterocycles. The highest BCUT2D eigenvalue weighted by atomic mass is 16.5. The van der Waals surface area contributed by atoms with Gasteiger partial charge in [-0.25, -0.2) is 0 Å². The summed E-state index contributed by atoms with van der Waals surface area (Å²) in [5.41, 5.74) is 4.23. The van der Waals surface area contributed by atoms with E-state index in [1.165, 1.54) is 42.4 Å². The van der Waals surface area contributed by atoms with Gasteiger partial charge in [0.1, 0.15) is 5.75 Å². The van der Waals surface area contributed by atoms with E-state index in [0.29, 0.717) is 0 Å². The maximum Gasteiger partial charge on any atom is 0.237 e. The number of rotatable bonds is 7. The Morgan fingerprint density at radius 1 is 1.17 bits per heavy atom. The van der Waals surface area contributed by atoms with Crippen LogP contribution in [-0.4, -0.2) is 61.1 Å². The van der Waals surface area contributed by atoms with Gasteiger partial charge in [-0.1, -0.05) is 23.8 Å². The van der Waals surface area contributed by atoms with Crippen LogP contribution < -0.4 is 10.1 Å². The topological polar surface area (TPSA) is 44.8 Å². The molecule has 1 N–H and O–H groups in total. The van der Waals surface area contributed by atoms with E-state index in [0.717, 1.165) is 64.5 Å². The van der Waals surface area contributed by atoms with Crippen LogP contribution in [0, 0.1) is 0 Å². The highest BCUT2D eigenvalue weighted by molar-refractivity contribution is 5.81. The number of carbonyl (C=O) groups excluding carboxylic acids is 1. The summed E-state index contributed by atoms with van der Waals surface area (Å²) < 4.78 is 5.61. The van der Waals surface area contributed by atoms with Crippen LogP contribution in [0.1, 0.15) is 50.2 Å². The summed E-state index contributed by atoms with van der Waals surface area (Å²) in [6.45, 7) is 8.55. The van der Waals surface area contributed by atoms with E-state index in [2.05, 4.69) is 39.4 Å².